The van der Waals surface area contributed by atoms with E-state index < -0.39 is 5.60 Å². The molecule has 0 radical (unpaired) electrons. The summed E-state index contributed by atoms with van der Waals surface area (Å²) >= 11 is 0. The summed E-state index contributed by atoms with van der Waals surface area (Å²) < 4.78 is 0. The number of hydrogen-bond donors (Lipinski definition) is 1. The Morgan fingerprint density at radius 1 is 1.11 bits per heavy atom. The molecule has 0 bridgehead atoms. The Balaban J connectivity index is 2.10. The molecule has 0 amide bonds. The highest BCUT2D eigenvalue weighted by molar-refractivity contribution is 5.49. The first kappa shape index (κ1) is 13.2. The maximum atomic E-state index is 11.3. The van der Waals surface area contributed by atoms with Gasteiger partial charge in [0.05, 0.1) is 5.60 Å². The van der Waals surface area contributed by atoms with Gasteiger partial charge in [-0.1, -0.05) is 31.9 Å². The second-order valence-corrected chi connectivity index (χ2v) is 7.26. The van der Waals surface area contributed by atoms with Crippen molar-refractivity contribution in [3.8, 4) is 0 Å². The highest BCUT2D eigenvalue weighted by Crippen LogP contribution is 2.59. The topological polar surface area (TPSA) is 20.2 Å². The van der Waals surface area contributed by atoms with Gasteiger partial charge in [-0.25, -0.2) is 0 Å². The molecule has 19 heavy (non-hydrogen) atoms. The van der Waals surface area contributed by atoms with E-state index in [1.807, 2.05) is 0 Å². The van der Waals surface area contributed by atoms with E-state index in [1.165, 1.54) is 47.9 Å². The van der Waals surface area contributed by atoms with E-state index in [2.05, 4.69) is 39.8 Å². The summed E-state index contributed by atoms with van der Waals surface area (Å²) in [4.78, 5) is 0. The Hall–Kier alpha value is -0.820. The van der Waals surface area contributed by atoms with E-state index in [9.17, 15) is 5.11 Å². The van der Waals surface area contributed by atoms with Crippen molar-refractivity contribution in [2.24, 2.45) is 11.3 Å². The lowest BCUT2D eigenvalue weighted by Gasteiger charge is -2.45. The molecular formula is C18H26O. The molecule has 1 atom stereocenters. The van der Waals surface area contributed by atoms with Crippen molar-refractivity contribution in [3.05, 3.63) is 34.4 Å². The normalized spacial score (nSPS) is 37.6. The van der Waals surface area contributed by atoms with Crippen molar-refractivity contribution in [2.75, 3.05) is 0 Å². The molecule has 3 rings (SSSR count). The number of benzene rings is 1. The molecule has 0 aliphatic heterocycles. The molecule has 2 aliphatic rings. The summed E-state index contributed by atoms with van der Waals surface area (Å²) in [7, 11) is 0. The fourth-order valence-corrected chi connectivity index (χ4v) is 4.53. The third kappa shape index (κ3) is 1.71. The Morgan fingerprint density at radius 2 is 1.68 bits per heavy atom. The third-order valence-corrected chi connectivity index (χ3v) is 6.02. The average Bonchev–Trinajstić information content (AvgIpc) is 2.58. The van der Waals surface area contributed by atoms with Gasteiger partial charge >= 0.3 is 0 Å². The molecule has 2 aliphatic carbocycles. The molecule has 1 aromatic rings. The molecule has 0 heterocycles. The lowest BCUT2D eigenvalue weighted by atomic mass is 9.62. The zero-order valence-corrected chi connectivity index (χ0v) is 12.7. The van der Waals surface area contributed by atoms with Crippen LogP contribution < -0.4 is 0 Å². The monoisotopic (exact) mass is 258 g/mol. The van der Waals surface area contributed by atoms with E-state index in [-0.39, 0.29) is 5.41 Å². The Kier molecular flexibility index (Phi) is 2.83. The molecule has 1 saturated carbocycles. The lowest BCUT2D eigenvalue weighted by molar-refractivity contribution is -0.0885. The second kappa shape index (κ2) is 4.09. The summed E-state index contributed by atoms with van der Waals surface area (Å²) in [6, 6.07) is 4.39. The Bertz CT molecular complexity index is 505. The van der Waals surface area contributed by atoms with Crippen molar-refractivity contribution in [2.45, 2.75) is 65.4 Å². The van der Waals surface area contributed by atoms with Crippen LogP contribution >= 0.6 is 0 Å². The highest BCUT2D eigenvalue weighted by Gasteiger charge is 2.55. The van der Waals surface area contributed by atoms with Crippen LogP contribution in [0.4, 0.5) is 0 Å². The van der Waals surface area contributed by atoms with Gasteiger partial charge in [-0.15, -0.1) is 0 Å². The van der Waals surface area contributed by atoms with Gasteiger partial charge < -0.3 is 5.11 Å². The molecule has 1 heteroatoms. The van der Waals surface area contributed by atoms with Gasteiger partial charge in [0.2, 0.25) is 0 Å². The van der Waals surface area contributed by atoms with Crippen LogP contribution in [0.1, 0.15) is 61.8 Å². The second-order valence-electron chi connectivity index (χ2n) is 7.26. The van der Waals surface area contributed by atoms with Gasteiger partial charge in [-0.2, -0.15) is 0 Å². The summed E-state index contributed by atoms with van der Waals surface area (Å²) in [5, 5.41) is 11.3. The van der Waals surface area contributed by atoms with E-state index in [0.717, 1.165) is 12.3 Å². The summed E-state index contributed by atoms with van der Waals surface area (Å²) in [5.41, 5.74) is 4.75. The van der Waals surface area contributed by atoms with Gasteiger partial charge in [-0.05, 0) is 68.2 Å². The van der Waals surface area contributed by atoms with Crippen LogP contribution in [0.2, 0.25) is 0 Å². The van der Waals surface area contributed by atoms with Gasteiger partial charge in [-0.3, -0.25) is 0 Å². The molecule has 1 unspecified atom stereocenters. The zero-order chi connectivity index (χ0) is 13.8. The minimum atomic E-state index is -0.640. The van der Waals surface area contributed by atoms with Crippen LogP contribution in [-0.2, 0) is 12.0 Å². The summed E-state index contributed by atoms with van der Waals surface area (Å²) in [5.74, 6) is 0.826. The molecule has 104 valence electrons. The van der Waals surface area contributed by atoms with Gasteiger partial charge in [0.25, 0.3) is 0 Å². The summed E-state index contributed by atoms with van der Waals surface area (Å²) in [6.45, 7) is 8.76. The van der Waals surface area contributed by atoms with Crippen LogP contribution in [0.5, 0.6) is 0 Å². The maximum Gasteiger partial charge on any atom is 0.0932 e. The van der Waals surface area contributed by atoms with E-state index in [4.69, 9.17) is 0 Å². The van der Waals surface area contributed by atoms with Crippen molar-refractivity contribution in [3.63, 3.8) is 0 Å². The van der Waals surface area contributed by atoms with E-state index in [0.29, 0.717) is 0 Å². The van der Waals surface area contributed by atoms with Crippen molar-refractivity contribution >= 4 is 0 Å². The molecule has 1 spiro atoms. The molecule has 0 saturated heterocycles. The summed E-state index contributed by atoms with van der Waals surface area (Å²) in [6.07, 6.45) is 5.96. The molecule has 1 nitrogen and oxygen atoms in total. The highest BCUT2D eigenvalue weighted by atomic mass is 16.3. The van der Waals surface area contributed by atoms with Crippen LogP contribution in [0.15, 0.2) is 12.1 Å². The van der Waals surface area contributed by atoms with E-state index >= 15 is 0 Å². The Labute approximate surface area is 117 Å². The molecule has 0 aromatic heterocycles. The minimum Gasteiger partial charge on any atom is -0.385 e. The number of fused-ring (bicyclic) bond motifs is 1. The van der Waals surface area contributed by atoms with Gasteiger partial charge in [0.15, 0.2) is 0 Å². The first-order chi connectivity index (χ1) is 8.87. The fraction of sp³-hybridized carbons (Fsp3) is 0.667. The van der Waals surface area contributed by atoms with Crippen molar-refractivity contribution in [1.82, 2.24) is 0 Å². The fourth-order valence-electron chi connectivity index (χ4n) is 4.53. The third-order valence-electron chi connectivity index (χ3n) is 6.02. The maximum absolute atomic E-state index is 11.3. The van der Waals surface area contributed by atoms with Crippen molar-refractivity contribution in [1.29, 1.82) is 0 Å². The lowest BCUT2D eigenvalue weighted by Crippen LogP contribution is -2.43. The van der Waals surface area contributed by atoms with Crippen LogP contribution in [0.3, 0.4) is 0 Å². The minimum absolute atomic E-state index is 0.0959. The number of rotatable bonds is 0. The first-order valence-electron chi connectivity index (χ1n) is 7.69. The predicted molar refractivity (Wildman–Crippen MR) is 79.3 cm³/mol. The zero-order valence-electron chi connectivity index (χ0n) is 12.7. The van der Waals surface area contributed by atoms with Crippen LogP contribution in [0, 0.1) is 25.2 Å². The average molecular weight is 258 g/mol. The largest absolute Gasteiger partial charge is 0.385 e. The predicted octanol–water partition coefficient (Wildman–Crippen LogP) is 4.26. The van der Waals surface area contributed by atoms with Gasteiger partial charge in [0.1, 0.15) is 0 Å². The smallest absolute Gasteiger partial charge is 0.0932 e. The molecule has 1 N–H and O–H groups in total. The molecular weight excluding hydrogens is 232 g/mol. The molecule has 1 aromatic carbocycles. The van der Waals surface area contributed by atoms with Crippen LogP contribution in [-0.4, -0.2) is 5.11 Å². The SMILES string of the molecule is Cc1ccc(C)c2c1CC1(CCC(C)CC1)C2(C)O. The first-order valence-corrected chi connectivity index (χ1v) is 7.69. The standard InChI is InChI=1S/C18H26O/c1-12-7-9-18(10-8-12)11-15-13(2)5-6-14(3)16(15)17(18,4)19/h5-6,12,19H,7-11H2,1-4H3. The number of hydrogen-bond acceptors (Lipinski definition) is 1. The number of aryl methyl sites for hydroxylation is 2. The van der Waals surface area contributed by atoms with Crippen LogP contribution in [0.25, 0.3) is 0 Å². The molecule has 1 fully saturated rings. The quantitative estimate of drug-likeness (QED) is 0.737. The number of aliphatic hydroxyl groups is 1. The Morgan fingerprint density at radius 3 is 2.26 bits per heavy atom. The van der Waals surface area contributed by atoms with E-state index in [1.54, 1.807) is 0 Å². The van der Waals surface area contributed by atoms with Crippen molar-refractivity contribution < 1.29 is 5.11 Å². The van der Waals surface area contributed by atoms with Gasteiger partial charge in [0, 0.05) is 5.41 Å².